The van der Waals surface area contributed by atoms with Crippen LogP contribution in [0.5, 0.6) is 0 Å². The van der Waals surface area contributed by atoms with E-state index in [1.807, 2.05) is 31.2 Å². The molecule has 0 fully saturated rings. The molecule has 2 aromatic carbocycles. The van der Waals surface area contributed by atoms with Gasteiger partial charge in [-0.2, -0.15) is 0 Å². The van der Waals surface area contributed by atoms with Gasteiger partial charge in [-0.3, -0.25) is 0 Å². The van der Waals surface area contributed by atoms with Crippen molar-refractivity contribution in [1.29, 1.82) is 0 Å². The largest absolute Gasteiger partial charge is 0.399 e. The number of hydrogen-bond acceptors (Lipinski definition) is 2. The molecule has 17 heavy (non-hydrogen) atoms. The first-order valence-corrected chi connectivity index (χ1v) is 6.41. The van der Waals surface area contributed by atoms with Crippen molar-refractivity contribution in [2.75, 3.05) is 10.5 Å². The number of rotatable bonds is 3. The van der Waals surface area contributed by atoms with Crippen molar-refractivity contribution in [2.24, 2.45) is 0 Å². The molecule has 0 aliphatic rings. The summed E-state index contributed by atoms with van der Waals surface area (Å²) in [4.78, 5) is 0.711. The van der Waals surface area contributed by atoms with Gasteiger partial charge >= 0.3 is 0 Å². The van der Waals surface area contributed by atoms with E-state index in [1.54, 1.807) is 24.3 Å². The van der Waals surface area contributed by atoms with Crippen molar-refractivity contribution < 1.29 is 4.21 Å². The Balaban J connectivity index is 2.17. The maximum Gasteiger partial charge on any atom is 0.150 e. The van der Waals surface area contributed by atoms with Crippen LogP contribution in [0.15, 0.2) is 53.4 Å². The van der Waals surface area contributed by atoms with E-state index in [-0.39, 0.29) is 0 Å². The molecule has 0 aliphatic carbocycles. The lowest BCUT2D eigenvalue weighted by atomic mass is 10.2. The molecule has 0 aromatic heterocycles. The highest BCUT2D eigenvalue weighted by molar-refractivity contribution is 7.86. The Hall–Kier alpha value is -1.81. The van der Waals surface area contributed by atoms with E-state index in [4.69, 9.17) is 5.73 Å². The van der Waals surface area contributed by atoms with Crippen LogP contribution in [0.2, 0.25) is 0 Å². The van der Waals surface area contributed by atoms with E-state index in [1.165, 1.54) is 0 Å². The summed E-state index contributed by atoms with van der Waals surface area (Å²) >= 11 is 0. The maximum absolute atomic E-state index is 12.0. The van der Waals surface area contributed by atoms with E-state index in [2.05, 4.69) is 4.72 Å². The molecule has 0 amide bonds. The summed E-state index contributed by atoms with van der Waals surface area (Å²) in [5.41, 5.74) is 8.20. The third-order valence-corrected chi connectivity index (χ3v) is 3.55. The van der Waals surface area contributed by atoms with Crippen LogP contribution in [-0.2, 0) is 11.0 Å². The second kappa shape index (κ2) is 5.01. The van der Waals surface area contributed by atoms with Gasteiger partial charge in [0.2, 0.25) is 0 Å². The minimum Gasteiger partial charge on any atom is -0.399 e. The maximum atomic E-state index is 12.0. The predicted molar refractivity (Wildman–Crippen MR) is 72.1 cm³/mol. The zero-order valence-electron chi connectivity index (χ0n) is 9.51. The second-order valence-corrected chi connectivity index (χ2v) is 4.97. The lowest BCUT2D eigenvalue weighted by Gasteiger charge is -2.08. The van der Waals surface area contributed by atoms with Gasteiger partial charge in [-0.15, -0.1) is 0 Å². The van der Waals surface area contributed by atoms with Crippen LogP contribution < -0.4 is 10.5 Å². The van der Waals surface area contributed by atoms with E-state index >= 15 is 0 Å². The number of nitrogens with one attached hydrogen (secondary N) is 1. The lowest BCUT2D eigenvalue weighted by Crippen LogP contribution is -2.05. The molecule has 0 saturated carbocycles. The number of benzene rings is 2. The van der Waals surface area contributed by atoms with Gasteiger partial charge in [0.15, 0.2) is 0 Å². The number of para-hydroxylation sites is 1. The normalized spacial score (nSPS) is 12.1. The molecular formula is C13H14N2OS. The molecule has 3 nitrogen and oxygen atoms in total. The van der Waals surface area contributed by atoms with Crippen LogP contribution in [0.3, 0.4) is 0 Å². The number of hydrogen-bond donors (Lipinski definition) is 2. The van der Waals surface area contributed by atoms with Crippen molar-refractivity contribution in [3.8, 4) is 0 Å². The summed E-state index contributed by atoms with van der Waals surface area (Å²) in [6.07, 6.45) is 0. The highest BCUT2D eigenvalue weighted by atomic mass is 32.2. The molecule has 2 aromatic rings. The molecule has 2 rings (SSSR count). The van der Waals surface area contributed by atoms with Crippen molar-refractivity contribution >= 4 is 22.4 Å². The topological polar surface area (TPSA) is 55.1 Å². The zero-order chi connectivity index (χ0) is 12.3. The number of aryl methyl sites for hydroxylation is 1. The molecule has 88 valence electrons. The van der Waals surface area contributed by atoms with Gasteiger partial charge in [0, 0.05) is 11.4 Å². The average Bonchev–Trinajstić information content (AvgIpc) is 2.33. The van der Waals surface area contributed by atoms with Gasteiger partial charge in [-0.1, -0.05) is 18.2 Å². The van der Waals surface area contributed by atoms with Gasteiger partial charge in [0.25, 0.3) is 0 Å². The van der Waals surface area contributed by atoms with Crippen LogP contribution in [0, 0.1) is 6.92 Å². The molecular weight excluding hydrogens is 232 g/mol. The highest BCUT2D eigenvalue weighted by Gasteiger charge is 2.04. The summed E-state index contributed by atoms with van der Waals surface area (Å²) in [5, 5.41) is 0. The Morgan fingerprint density at radius 1 is 1.06 bits per heavy atom. The first-order chi connectivity index (χ1) is 8.16. The number of nitrogens with two attached hydrogens (primary N) is 1. The van der Waals surface area contributed by atoms with Gasteiger partial charge < -0.3 is 10.5 Å². The molecule has 3 N–H and O–H groups in total. The molecule has 0 aliphatic heterocycles. The van der Waals surface area contributed by atoms with Gasteiger partial charge in [-0.25, -0.2) is 4.21 Å². The van der Waals surface area contributed by atoms with E-state index < -0.39 is 11.0 Å². The smallest absolute Gasteiger partial charge is 0.150 e. The first-order valence-electron chi connectivity index (χ1n) is 5.26. The standard InChI is InChI=1S/C13H14N2OS/c1-10-4-2-3-5-13(10)15-17(16)12-8-6-11(14)7-9-12/h2-9,15H,14H2,1H3. The fourth-order valence-corrected chi connectivity index (χ4v) is 2.37. The summed E-state index contributed by atoms with van der Waals surface area (Å²) in [5.74, 6) is 0. The third-order valence-electron chi connectivity index (χ3n) is 2.44. The van der Waals surface area contributed by atoms with Crippen LogP contribution in [-0.4, -0.2) is 4.21 Å². The SMILES string of the molecule is Cc1ccccc1NS(=O)c1ccc(N)cc1. The van der Waals surface area contributed by atoms with Crippen LogP contribution in [0.4, 0.5) is 11.4 Å². The fraction of sp³-hybridized carbons (Fsp3) is 0.0769. The Kier molecular flexibility index (Phi) is 3.44. The Bertz CT molecular complexity index is 537. The highest BCUT2D eigenvalue weighted by Crippen LogP contribution is 2.17. The Labute approximate surface area is 103 Å². The second-order valence-electron chi connectivity index (χ2n) is 3.75. The zero-order valence-corrected chi connectivity index (χ0v) is 10.3. The van der Waals surface area contributed by atoms with E-state index in [0.29, 0.717) is 10.6 Å². The first kappa shape index (κ1) is 11.7. The molecule has 0 heterocycles. The summed E-state index contributed by atoms with van der Waals surface area (Å²) < 4.78 is 15.0. The molecule has 1 unspecified atom stereocenters. The minimum atomic E-state index is -1.26. The summed E-state index contributed by atoms with van der Waals surface area (Å²) in [6.45, 7) is 1.97. The van der Waals surface area contributed by atoms with Gasteiger partial charge in [-0.05, 0) is 42.8 Å². The molecule has 4 heteroatoms. The molecule has 0 spiro atoms. The Morgan fingerprint density at radius 2 is 1.71 bits per heavy atom. The quantitative estimate of drug-likeness (QED) is 0.818. The van der Waals surface area contributed by atoms with Crippen molar-refractivity contribution in [1.82, 2.24) is 0 Å². The van der Waals surface area contributed by atoms with Gasteiger partial charge in [0.1, 0.15) is 11.0 Å². The fourth-order valence-electron chi connectivity index (χ4n) is 1.44. The Morgan fingerprint density at radius 3 is 2.35 bits per heavy atom. The molecule has 0 radical (unpaired) electrons. The van der Waals surface area contributed by atoms with Crippen molar-refractivity contribution in [2.45, 2.75) is 11.8 Å². The van der Waals surface area contributed by atoms with Crippen LogP contribution in [0.1, 0.15) is 5.56 Å². The van der Waals surface area contributed by atoms with Gasteiger partial charge in [0.05, 0.1) is 4.90 Å². The summed E-state index contributed by atoms with van der Waals surface area (Å²) in [6, 6.07) is 14.8. The monoisotopic (exact) mass is 246 g/mol. The lowest BCUT2D eigenvalue weighted by molar-refractivity contribution is 0.686. The van der Waals surface area contributed by atoms with E-state index in [0.717, 1.165) is 11.3 Å². The van der Waals surface area contributed by atoms with E-state index in [9.17, 15) is 4.21 Å². The average molecular weight is 246 g/mol. The minimum absolute atomic E-state index is 0.668. The molecule has 0 bridgehead atoms. The molecule has 1 atom stereocenters. The van der Waals surface area contributed by atoms with Crippen molar-refractivity contribution in [3.05, 3.63) is 54.1 Å². The summed E-state index contributed by atoms with van der Waals surface area (Å²) in [7, 11) is -1.26. The third kappa shape index (κ3) is 2.85. The predicted octanol–water partition coefficient (Wildman–Crippen LogP) is 2.71. The van der Waals surface area contributed by atoms with Crippen molar-refractivity contribution in [3.63, 3.8) is 0 Å². The van der Waals surface area contributed by atoms with Crippen LogP contribution >= 0.6 is 0 Å². The number of nitrogen functional groups attached to an aromatic ring is 1. The number of anilines is 2. The molecule has 0 saturated heterocycles. The van der Waals surface area contributed by atoms with Crippen LogP contribution in [0.25, 0.3) is 0 Å².